The molecule has 1 aliphatic rings. The first-order chi connectivity index (χ1) is 18.0. The average molecular weight is 537 g/mol. The van der Waals surface area contributed by atoms with Gasteiger partial charge in [0.1, 0.15) is 5.76 Å². The fourth-order valence-corrected chi connectivity index (χ4v) is 4.38. The molecule has 1 aliphatic carbocycles. The Balaban J connectivity index is 0.000000332. The smallest absolute Gasteiger partial charge is 0.336 e. The van der Waals surface area contributed by atoms with E-state index in [4.69, 9.17) is 34.4 Å². The van der Waals surface area contributed by atoms with Crippen LogP contribution in [0.1, 0.15) is 56.0 Å². The SMILES string of the molecule is CCOc1cc(CN[C@@H]2CCC[C@H]2Cc2cc(C)no2)ccc1OC.O=C(O)CC(O)(CC(=O)O)C(=O)O. The standard InChI is InChI=1S/C20H28N2O3.C6H8O7/c1-4-24-20-11-15(8-9-19(20)23-3)13-21-18-7-5-6-16(18)12-17-10-14(2)22-25-17;7-3(8)1-6(13,5(11)12)2-4(9)10/h8-11,16,18,21H,4-7,12-13H2,1-3H3;13H,1-2H2,(H,7,8)(H,9,10)(H,11,12)/t16-,18+;/m0./s1. The van der Waals surface area contributed by atoms with Gasteiger partial charge in [-0.3, -0.25) is 9.59 Å². The molecule has 1 fully saturated rings. The molecule has 3 rings (SSSR count). The molecule has 12 nitrogen and oxygen atoms in total. The summed E-state index contributed by atoms with van der Waals surface area (Å²) in [6.07, 6.45) is 2.40. The van der Waals surface area contributed by atoms with Gasteiger partial charge in [0.25, 0.3) is 0 Å². The molecule has 0 aliphatic heterocycles. The Hall–Kier alpha value is -3.64. The van der Waals surface area contributed by atoms with Crippen molar-refractivity contribution >= 4 is 17.9 Å². The van der Waals surface area contributed by atoms with E-state index in [9.17, 15) is 14.4 Å². The van der Waals surface area contributed by atoms with Crippen molar-refractivity contribution in [2.24, 2.45) is 5.92 Å². The number of benzene rings is 1. The lowest BCUT2D eigenvalue weighted by molar-refractivity contribution is -0.170. The Morgan fingerprint density at radius 1 is 1.11 bits per heavy atom. The number of ether oxygens (including phenoxy) is 2. The summed E-state index contributed by atoms with van der Waals surface area (Å²) in [4.78, 5) is 30.5. The molecule has 210 valence electrons. The summed E-state index contributed by atoms with van der Waals surface area (Å²) < 4.78 is 16.4. The second kappa shape index (κ2) is 14.3. The zero-order valence-electron chi connectivity index (χ0n) is 21.8. The first kappa shape index (κ1) is 30.6. The highest BCUT2D eigenvalue weighted by Crippen LogP contribution is 2.31. The second-order valence-electron chi connectivity index (χ2n) is 9.21. The molecule has 2 atom stereocenters. The number of nitrogens with one attached hydrogen (secondary N) is 1. The lowest BCUT2D eigenvalue weighted by atomic mass is 9.96. The number of hydrogen-bond acceptors (Lipinski definition) is 9. The van der Waals surface area contributed by atoms with Gasteiger partial charge in [-0.2, -0.15) is 0 Å². The maximum atomic E-state index is 10.3. The Kier molecular flexibility index (Phi) is 11.5. The third kappa shape index (κ3) is 9.34. The fraction of sp³-hybridized carbons (Fsp3) is 0.538. The maximum Gasteiger partial charge on any atom is 0.336 e. The fourth-order valence-electron chi connectivity index (χ4n) is 4.38. The van der Waals surface area contributed by atoms with E-state index in [2.05, 4.69) is 22.6 Å². The van der Waals surface area contributed by atoms with Crippen LogP contribution in [0, 0.1) is 12.8 Å². The minimum atomic E-state index is -2.74. The van der Waals surface area contributed by atoms with E-state index in [0.29, 0.717) is 18.6 Å². The molecular weight excluding hydrogens is 500 g/mol. The zero-order valence-corrected chi connectivity index (χ0v) is 21.8. The summed E-state index contributed by atoms with van der Waals surface area (Å²) in [6, 6.07) is 8.71. The second-order valence-corrected chi connectivity index (χ2v) is 9.21. The van der Waals surface area contributed by atoms with Crippen molar-refractivity contribution in [3.8, 4) is 11.5 Å². The maximum absolute atomic E-state index is 10.3. The van der Waals surface area contributed by atoms with Crippen LogP contribution in [-0.2, 0) is 27.3 Å². The lowest BCUT2D eigenvalue weighted by Crippen LogP contribution is -2.42. The number of aromatic nitrogens is 1. The minimum absolute atomic E-state index is 0.517. The van der Waals surface area contributed by atoms with Crippen molar-refractivity contribution < 1.29 is 48.8 Å². The molecule has 1 aromatic heterocycles. The zero-order chi connectivity index (χ0) is 28.3. The van der Waals surface area contributed by atoms with Gasteiger partial charge in [0, 0.05) is 25.1 Å². The van der Waals surface area contributed by atoms with Crippen LogP contribution in [0.25, 0.3) is 0 Å². The largest absolute Gasteiger partial charge is 0.493 e. The summed E-state index contributed by atoms with van der Waals surface area (Å²) >= 11 is 0. The minimum Gasteiger partial charge on any atom is -0.493 e. The molecule has 38 heavy (non-hydrogen) atoms. The Morgan fingerprint density at radius 3 is 2.32 bits per heavy atom. The van der Waals surface area contributed by atoms with Crippen molar-refractivity contribution in [3.63, 3.8) is 0 Å². The van der Waals surface area contributed by atoms with Gasteiger partial charge in [0.2, 0.25) is 0 Å². The Morgan fingerprint density at radius 2 is 1.79 bits per heavy atom. The number of carbonyl (C=O) groups is 3. The first-order valence-corrected chi connectivity index (χ1v) is 12.3. The highest BCUT2D eigenvalue weighted by molar-refractivity contribution is 5.88. The van der Waals surface area contributed by atoms with E-state index < -0.39 is 36.4 Å². The Bertz CT molecular complexity index is 1070. The molecule has 0 radical (unpaired) electrons. The summed E-state index contributed by atoms with van der Waals surface area (Å²) in [6.45, 7) is 5.42. The number of carboxylic acids is 3. The quantitative estimate of drug-likeness (QED) is 0.252. The van der Waals surface area contributed by atoms with Crippen molar-refractivity contribution in [3.05, 3.63) is 41.3 Å². The van der Waals surface area contributed by atoms with Crippen LogP contribution < -0.4 is 14.8 Å². The number of aliphatic carboxylic acids is 3. The number of nitrogens with zero attached hydrogens (tertiary/aromatic N) is 1. The van der Waals surface area contributed by atoms with E-state index >= 15 is 0 Å². The Labute approximate surface area is 220 Å². The van der Waals surface area contributed by atoms with Crippen molar-refractivity contribution in [2.75, 3.05) is 13.7 Å². The number of carboxylic acid groups (broad SMARTS) is 3. The van der Waals surface area contributed by atoms with E-state index in [-0.39, 0.29) is 0 Å². The summed E-state index contributed by atoms with van der Waals surface area (Å²) in [5, 5.41) is 41.5. The summed E-state index contributed by atoms with van der Waals surface area (Å²) in [5.74, 6) is -1.82. The van der Waals surface area contributed by atoms with E-state index in [1.165, 1.54) is 24.8 Å². The van der Waals surface area contributed by atoms with Crippen LogP contribution >= 0.6 is 0 Å². The molecule has 1 aromatic carbocycles. The first-order valence-electron chi connectivity index (χ1n) is 12.3. The predicted octanol–water partition coefficient (Wildman–Crippen LogP) is 2.64. The number of aliphatic hydroxyl groups is 1. The van der Waals surface area contributed by atoms with Gasteiger partial charge in [0.05, 0.1) is 32.3 Å². The topological polar surface area (TPSA) is 189 Å². The molecular formula is C26H36N2O10. The molecule has 12 heteroatoms. The number of hydrogen-bond donors (Lipinski definition) is 5. The van der Waals surface area contributed by atoms with Gasteiger partial charge in [-0.15, -0.1) is 0 Å². The van der Waals surface area contributed by atoms with Crippen LogP contribution in [0.4, 0.5) is 0 Å². The highest BCUT2D eigenvalue weighted by Gasteiger charge is 2.40. The molecule has 1 heterocycles. The van der Waals surface area contributed by atoms with E-state index in [1.54, 1.807) is 7.11 Å². The normalized spacial score (nSPS) is 16.8. The monoisotopic (exact) mass is 536 g/mol. The molecule has 0 saturated heterocycles. The van der Waals surface area contributed by atoms with Gasteiger partial charge in [-0.05, 0) is 50.3 Å². The van der Waals surface area contributed by atoms with Crippen molar-refractivity contribution in [1.82, 2.24) is 10.5 Å². The number of aryl methyl sites for hydroxylation is 1. The molecule has 1 saturated carbocycles. The lowest BCUT2D eigenvalue weighted by Gasteiger charge is -2.20. The van der Waals surface area contributed by atoms with Crippen LogP contribution in [0.5, 0.6) is 11.5 Å². The van der Waals surface area contributed by atoms with Crippen molar-refractivity contribution in [1.29, 1.82) is 0 Å². The van der Waals surface area contributed by atoms with Crippen molar-refractivity contribution in [2.45, 2.75) is 70.6 Å². The third-order valence-corrected chi connectivity index (χ3v) is 6.18. The molecule has 5 N–H and O–H groups in total. The van der Waals surface area contributed by atoms with Crippen LogP contribution in [0.15, 0.2) is 28.8 Å². The highest BCUT2D eigenvalue weighted by atomic mass is 16.5. The van der Waals surface area contributed by atoms with Crippen LogP contribution in [-0.4, -0.2) is 68.9 Å². The van der Waals surface area contributed by atoms with Gasteiger partial charge in [-0.25, -0.2) is 4.79 Å². The van der Waals surface area contributed by atoms with Crippen LogP contribution in [0.3, 0.4) is 0 Å². The van der Waals surface area contributed by atoms with E-state index in [0.717, 1.165) is 35.9 Å². The van der Waals surface area contributed by atoms with Gasteiger partial charge in [0.15, 0.2) is 17.1 Å². The third-order valence-electron chi connectivity index (χ3n) is 6.18. The summed E-state index contributed by atoms with van der Waals surface area (Å²) in [7, 11) is 1.67. The molecule has 0 unspecified atom stereocenters. The van der Waals surface area contributed by atoms with Gasteiger partial charge < -0.3 is 39.7 Å². The number of methoxy groups -OCH3 is 1. The summed E-state index contributed by atoms with van der Waals surface area (Å²) in [5.41, 5.74) is -0.567. The van der Waals surface area contributed by atoms with Gasteiger partial charge >= 0.3 is 17.9 Å². The molecule has 2 aromatic rings. The average Bonchev–Trinajstić information content (AvgIpc) is 3.45. The molecule has 0 spiro atoms. The molecule has 0 bridgehead atoms. The van der Waals surface area contributed by atoms with Crippen LogP contribution in [0.2, 0.25) is 0 Å². The predicted molar refractivity (Wildman–Crippen MR) is 134 cm³/mol. The number of rotatable bonds is 13. The van der Waals surface area contributed by atoms with E-state index in [1.807, 2.05) is 26.0 Å². The molecule has 0 amide bonds. The van der Waals surface area contributed by atoms with Gasteiger partial charge in [-0.1, -0.05) is 17.6 Å².